The van der Waals surface area contributed by atoms with Gasteiger partial charge >= 0.3 is 0 Å². The number of nitrogens with zero attached hydrogens (tertiary/aromatic N) is 3. The Labute approximate surface area is 157 Å². The molecule has 2 rings (SSSR count). The minimum atomic E-state index is -1.87. The standard InChI is InChI=1S/C12H9Cl6N3O/c1-22-21-8(7-5-3-2-4-6-7)19-9(11(13,14)15)20-10(21)12(16,17)18/h2-6,10H,1H3. The lowest BCUT2D eigenvalue weighted by atomic mass is 10.2. The fourth-order valence-corrected chi connectivity index (χ4v) is 2.46. The minimum Gasteiger partial charge on any atom is -0.273 e. The highest BCUT2D eigenvalue weighted by Crippen LogP contribution is 2.39. The molecule has 0 spiro atoms. The highest BCUT2D eigenvalue weighted by molar-refractivity contribution is 6.77. The molecule has 4 nitrogen and oxygen atoms in total. The van der Waals surface area contributed by atoms with E-state index in [0.29, 0.717) is 11.4 Å². The van der Waals surface area contributed by atoms with Crippen LogP contribution in [0.4, 0.5) is 0 Å². The Balaban J connectivity index is 2.58. The van der Waals surface area contributed by atoms with Gasteiger partial charge in [0.25, 0.3) is 0 Å². The summed E-state index contributed by atoms with van der Waals surface area (Å²) in [7, 11) is 1.40. The first-order chi connectivity index (χ1) is 10.1. The van der Waals surface area contributed by atoms with Gasteiger partial charge in [0.2, 0.25) is 7.59 Å². The summed E-state index contributed by atoms with van der Waals surface area (Å²) in [6, 6.07) is 9.07. The van der Waals surface area contributed by atoms with Gasteiger partial charge in [-0.15, -0.1) is 0 Å². The third-order valence-corrected chi connectivity index (χ3v) is 3.75. The Kier molecular flexibility index (Phi) is 5.77. The monoisotopic (exact) mass is 421 g/mol. The van der Waals surface area contributed by atoms with Crippen LogP contribution in [0.2, 0.25) is 0 Å². The second-order valence-corrected chi connectivity index (χ2v) is 8.83. The van der Waals surface area contributed by atoms with Gasteiger partial charge in [0.15, 0.2) is 17.8 Å². The lowest BCUT2D eigenvalue weighted by Crippen LogP contribution is -2.50. The van der Waals surface area contributed by atoms with Gasteiger partial charge in [-0.2, -0.15) is 0 Å². The van der Waals surface area contributed by atoms with Crippen LogP contribution in [0, 0.1) is 0 Å². The number of rotatable bonds is 2. The van der Waals surface area contributed by atoms with Gasteiger partial charge < -0.3 is 0 Å². The molecular weight excluding hydrogens is 415 g/mol. The van der Waals surface area contributed by atoms with Gasteiger partial charge in [-0.1, -0.05) is 99.9 Å². The summed E-state index contributed by atoms with van der Waals surface area (Å²) in [6.45, 7) is 0. The Morgan fingerprint density at radius 2 is 1.64 bits per heavy atom. The number of aliphatic imine (C=N–C) groups is 2. The van der Waals surface area contributed by atoms with Crippen molar-refractivity contribution in [1.29, 1.82) is 0 Å². The number of hydroxylamine groups is 2. The van der Waals surface area contributed by atoms with E-state index in [9.17, 15) is 0 Å². The second-order valence-electron chi connectivity index (χ2n) is 4.18. The zero-order valence-electron chi connectivity index (χ0n) is 11.0. The molecule has 1 aliphatic rings. The first kappa shape index (κ1) is 18.4. The van der Waals surface area contributed by atoms with Gasteiger partial charge in [-0.3, -0.25) is 4.84 Å². The van der Waals surface area contributed by atoms with Crippen LogP contribution in [0.15, 0.2) is 40.3 Å². The van der Waals surface area contributed by atoms with E-state index in [2.05, 4.69) is 9.98 Å². The Morgan fingerprint density at radius 1 is 1.05 bits per heavy atom. The molecule has 0 N–H and O–H groups in total. The van der Waals surface area contributed by atoms with Crippen molar-refractivity contribution >= 4 is 81.3 Å². The molecule has 0 saturated carbocycles. The Morgan fingerprint density at radius 3 is 2.09 bits per heavy atom. The normalized spacial score (nSPS) is 19.8. The van der Waals surface area contributed by atoms with Gasteiger partial charge in [-0.25, -0.2) is 15.0 Å². The van der Waals surface area contributed by atoms with Crippen LogP contribution >= 0.6 is 69.6 Å². The predicted molar refractivity (Wildman–Crippen MR) is 93.6 cm³/mol. The topological polar surface area (TPSA) is 37.2 Å². The molecule has 0 radical (unpaired) electrons. The quantitative estimate of drug-likeness (QED) is 0.642. The van der Waals surface area contributed by atoms with Crippen molar-refractivity contribution in [2.75, 3.05) is 7.11 Å². The van der Waals surface area contributed by atoms with E-state index in [-0.39, 0.29) is 5.84 Å². The van der Waals surface area contributed by atoms with Crippen LogP contribution in [-0.2, 0) is 4.84 Å². The van der Waals surface area contributed by atoms with E-state index in [1.54, 1.807) is 12.1 Å². The molecule has 22 heavy (non-hydrogen) atoms. The number of amidine groups is 2. The maximum Gasteiger partial charge on any atom is 0.249 e. The maximum absolute atomic E-state index is 5.97. The van der Waals surface area contributed by atoms with Crippen molar-refractivity contribution in [2.24, 2.45) is 9.98 Å². The third-order valence-electron chi connectivity index (χ3n) is 2.66. The zero-order chi connectivity index (χ0) is 16.5. The summed E-state index contributed by atoms with van der Waals surface area (Å²) in [5, 5.41) is 1.25. The van der Waals surface area contributed by atoms with Crippen LogP contribution in [0.5, 0.6) is 0 Å². The summed E-state index contributed by atoms with van der Waals surface area (Å²) >= 11 is 35.5. The number of benzene rings is 1. The van der Waals surface area contributed by atoms with Gasteiger partial charge in [0.1, 0.15) is 0 Å². The molecule has 1 unspecified atom stereocenters. The largest absolute Gasteiger partial charge is 0.273 e. The number of alkyl halides is 6. The maximum atomic E-state index is 5.97. The van der Waals surface area contributed by atoms with Crippen molar-refractivity contribution in [1.82, 2.24) is 5.06 Å². The molecular formula is C12H9Cl6N3O. The fourth-order valence-electron chi connectivity index (χ4n) is 1.77. The second kappa shape index (κ2) is 6.89. The van der Waals surface area contributed by atoms with E-state index >= 15 is 0 Å². The Bertz CT molecular complexity index is 593. The van der Waals surface area contributed by atoms with Gasteiger partial charge in [0.05, 0.1) is 7.11 Å². The smallest absolute Gasteiger partial charge is 0.249 e. The first-order valence-electron chi connectivity index (χ1n) is 5.83. The van der Waals surface area contributed by atoms with E-state index < -0.39 is 13.8 Å². The van der Waals surface area contributed by atoms with E-state index in [0.717, 1.165) is 0 Å². The fraction of sp³-hybridized carbons (Fsp3) is 0.333. The van der Waals surface area contributed by atoms with E-state index in [1.165, 1.54) is 12.2 Å². The molecule has 1 aromatic carbocycles. The Hall–Kier alpha value is 0.0600. The lowest BCUT2D eigenvalue weighted by molar-refractivity contribution is -0.0944. The van der Waals surface area contributed by atoms with Gasteiger partial charge in [0, 0.05) is 5.56 Å². The summed E-state index contributed by atoms with van der Waals surface area (Å²) in [5.74, 6) is 0.219. The average molecular weight is 424 g/mol. The minimum absolute atomic E-state index is 0.0963. The molecule has 0 bridgehead atoms. The van der Waals surface area contributed by atoms with Crippen molar-refractivity contribution in [3.8, 4) is 0 Å². The molecule has 0 amide bonds. The van der Waals surface area contributed by atoms with Crippen LogP contribution in [0.25, 0.3) is 0 Å². The first-order valence-corrected chi connectivity index (χ1v) is 8.10. The van der Waals surface area contributed by atoms with E-state index in [4.69, 9.17) is 74.4 Å². The van der Waals surface area contributed by atoms with Crippen molar-refractivity contribution < 1.29 is 4.84 Å². The average Bonchev–Trinajstić information content (AvgIpc) is 2.44. The van der Waals surface area contributed by atoms with Crippen molar-refractivity contribution in [3.63, 3.8) is 0 Å². The molecule has 0 saturated heterocycles. The predicted octanol–water partition coefficient (Wildman–Crippen LogP) is 4.78. The zero-order valence-corrected chi connectivity index (χ0v) is 15.5. The lowest BCUT2D eigenvalue weighted by Gasteiger charge is -2.36. The number of halogens is 6. The molecule has 1 atom stereocenters. The summed E-state index contributed by atoms with van der Waals surface area (Å²) < 4.78 is -3.69. The van der Waals surface area contributed by atoms with E-state index in [1.807, 2.05) is 18.2 Å². The van der Waals surface area contributed by atoms with Crippen LogP contribution in [-0.4, -0.2) is 37.6 Å². The van der Waals surface area contributed by atoms with Crippen molar-refractivity contribution in [2.45, 2.75) is 13.8 Å². The van der Waals surface area contributed by atoms with Crippen molar-refractivity contribution in [3.05, 3.63) is 35.9 Å². The molecule has 0 aromatic heterocycles. The number of hydrogen-bond donors (Lipinski definition) is 0. The summed E-state index contributed by atoms with van der Waals surface area (Å²) in [5.41, 5.74) is 0.685. The summed E-state index contributed by atoms with van der Waals surface area (Å²) in [4.78, 5) is 13.6. The molecule has 0 fully saturated rings. The SMILES string of the molecule is CON1C(c2ccccc2)=NC(C(Cl)(Cl)Cl)=NC1C(Cl)(Cl)Cl. The van der Waals surface area contributed by atoms with Crippen LogP contribution in [0.3, 0.4) is 0 Å². The van der Waals surface area contributed by atoms with Crippen LogP contribution in [0.1, 0.15) is 5.56 Å². The van der Waals surface area contributed by atoms with Gasteiger partial charge in [-0.05, 0) is 0 Å². The highest BCUT2D eigenvalue weighted by Gasteiger charge is 2.45. The molecule has 1 aromatic rings. The summed E-state index contributed by atoms with van der Waals surface area (Å²) in [6.07, 6.45) is -1.07. The number of hydrogen-bond acceptors (Lipinski definition) is 4. The molecule has 10 heteroatoms. The highest BCUT2D eigenvalue weighted by atomic mass is 35.6. The molecule has 1 heterocycles. The van der Waals surface area contributed by atoms with Crippen LogP contribution < -0.4 is 0 Å². The molecule has 1 aliphatic heterocycles. The molecule has 120 valence electrons. The third kappa shape index (κ3) is 4.12. The molecule has 0 aliphatic carbocycles.